The van der Waals surface area contributed by atoms with Gasteiger partial charge in [-0.05, 0) is 65.4 Å². The Morgan fingerprint density at radius 3 is 1.34 bits per heavy atom. The summed E-state index contributed by atoms with van der Waals surface area (Å²) in [6, 6.07) is 43.8. The first-order chi connectivity index (χ1) is 16.9. The van der Waals surface area contributed by atoms with Crippen LogP contribution in [0, 0.1) is 6.92 Å². The van der Waals surface area contributed by atoms with Crippen molar-refractivity contribution in [3.8, 4) is 39.3 Å². The van der Waals surface area contributed by atoms with Gasteiger partial charge in [0.2, 0.25) is 17.1 Å². The smallest absolute Gasteiger partial charge is 0.153 e. The van der Waals surface area contributed by atoms with Gasteiger partial charge in [0.05, 0.1) is 0 Å². The van der Waals surface area contributed by atoms with Gasteiger partial charge in [-0.25, -0.2) is 0 Å². The zero-order valence-electron chi connectivity index (χ0n) is 21.0. The maximum atomic E-state index is 2.40. The molecule has 5 aromatic rings. The van der Waals surface area contributed by atoms with E-state index in [-0.39, 0.29) is 5.41 Å². The van der Waals surface area contributed by atoms with Crippen LogP contribution in [0.15, 0.2) is 121 Å². The number of rotatable bonds is 4. The fraction of sp³-hybridized carbons (Fsp3) is 0.147. The van der Waals surface area contributed by atoms with Gasteiger partial charge in [0.15, 0.2) is 0 Å². The van der Waals surface area contributed by atoms with Crippen LogP contribution in [0.2, 0.25) is 0 Å². The van der Waals surface area contributed by atoms with Crippen LogP contribution < -0.4 is 4.57 Å². The van der Waals surface area contributed by atoms with Gasteiger partial charge in [0, 0.05) is 35.4 Å². The van der Waals surface area contributed by atoms with Crippen LogP contribution in [0.3, 0.4) is 0 Å². The van der Waals surface area contributed by atoms with Crippen molar-refractivity contribution in [2.45, 2.75) is 33.1 Å². The summed E-state index contributed by atoms with van der Waals surface area (Å²) in [6.45, 7) is 8.98. The van der Waals surface area contributed by atoms with Gasteiger partial charge in [-0.2, -0.15) is 4.57 Å². The Hall–Kier alpha value is -3.97. The molecular formula is C34H32N+. The van der Waals surface area contributed by atoms with E-state index in [1.165, 1.54) is 44.8 Å². The molecule has 0 saturated carbocycles. The molecule has 5 rings (SSSR count). The Bertz CT molecular complexity index is 1360. The molecule has 0 unspecified atom stereocenters. The summed E-state index contributed by atoms with van der Waals surface area (Å²) in [6.07, 6.45) is 0. The Balaban J connectivity index is 1.76. The van der Waals surface area contributed by atoms with Gasteiger partial charge in [0.1, 0.15) is 0 Å². The predicted molar refractivity (Wildman–Crippen MR) is 148 cm³/mol. The summed E-state index contributed by atoms with van der Waals surface area (Å²) in [7, 11) is 0. The van der Waals surface area contributed by atoms with E-state index in [2.05, 4.69) is 154 Å². The Kier molecular flexibility index (Phi) is 6.09. The molecule has 0 fully saturated rings. The van der Waals surface area contributed by atoms with Crippen LogP contribution in [0.5, 0.6) is 0 Å². The molecule has 0 spiro atoms. The highest BCUT2D eigenvalue weighted by molar-refractivity contribution is 5.67. The summed E-state index contributed by atoms with van der Waals surface area (Å²) >= 11 is 0. The first kappa shape index (κ1) is 22.8. The lowest BCUT2D eigenvalue weighted by Gasteiger charge is -2.21. The van der Waals surface area contributed by atoms with Crippen LogP contribution in [-0.4, -0.2) is 0 Å². The molecule has 1 aromatic heterocycles. The minimum atomic E-state index is 0.0292. The van der Waals surface area contributed by atoms with E-state index < -0.39 is 0 Å². The molecule has 0 saturated heterocycles. The third-order valence-corrected chi connectivity index (χ3v) is 6.58. The molecule has 1 heterocycles. The van der Waals surface area contributed by atoms with Crippen molar-refractivity contribution in [2.24, 2.45) is 0 Å². The fourth-order valence-electron chi connectivity index (χ4n) is 4.50. The largest absolute Gasteiger partial charge is 0.219 e. The fourth-order valence-corrected chi connectivity index (χ4v) is 4.50. The summed E-state index contributed by atoms with van der Waals surface area (Å²) in [5.41, 5.74) is 11.0. The van der Waals surface area contributed by atoms with Gasteiger partial charge in [-0.3, -0.25) is 0 Å². The number of nitrogens with zero attached hydrogens (tertiary/aromatic N) is 1. The minimum absolute atomic E-state index is 0.0292. The van der Waals surface area contributed by atoms with Crippen LogP contribution >= 0.6 is 0 Å². The molecular weight excluding hydrogens is 422 g/mol. The second kappa shape index (κ2) is 9.35. The molecule has 4 aromatic carbocycles. The van der Waals surface area contributed by atoms with Crippen LogP contribution in [0.25, 0.3) is 39.3 Å². The van der Waals surface area contributed by atoms with Crippen molar-refractivity contribution in [1.29, 1.82) is 0 Å². The predicted octanol–water partition coefficient (Wildman–Crippen LogP) is 8.57. The van der Waals surface area contributed by atoms with E-state index in [1.807, 2.05) is 0 Å². The van der Waals surface area contributed by atoms with E-state index in [9.17, 15) is 0 Å². The van der Waals surface area contributed by atoms with E-state index in [0.717, 1.165) is 5.69 Å². The molecule has 0 aliphatic carbocycles. The SMILES string of the molecule is Cc1ccc(-c2ccc(-[n+]3c(-c4ccccc4)cc(C(C)(C)C)cc3-c3ccccc3)cc2)cc1. The molecule has 0 N–H and O–H groups in total. The molecule has 1 nitrogen and oxygen atoms in total. The minimum Gasteiger partial charge on any atom is -0.153 e. The van der Waals surface area contributed by atoms with Gasteiger partial charge < -0.3 is 0 Å². The van der Waals surface area contributed by atoms with Crippen molar-refractivity contribution in [3.05, 3.63) is 132 Å². The molecule has 0 bridgehead atoms. The highest BCUT2D eigenvalue weighted by Gasteiger charge is 2.27. The van der Waals surface area contributed by atoms with Crippen LogP contribution in [0.1, 0.15) is 31.9 Å². The highest BCUT2D eigenvalue weighted by atomic mass is 15.0. The molecule has 0 radical (unpaired) electrons. The Morgan fingerprint density at radius 2 is 0.914 bits per heavy atom. The number of benzene rings is 4. The van der Waals surface area contributed by atoms with Crippen molar-refractivity contribution in [2.75, 3.05) is 0 Å². The molecule has 0 atom stereocenters. The lowest BCUT2D eigenvalue weighted by atomic mass is 9.85. The van der Waals surface area contributed by atoms with Crippen LogP contribution in [0.4, 0.5) is 0 Å². The number of hydrogen-bond acceptors (Lipinski definition) is 0. The number of hydrogen-bond donors (Lipinski definition) is 0. The van der Waals surface area contributed by atoms with Crippen molar-refractivity contribution in [3.63, 3.8) is 0 Å². The normalized spacial score (nSPS) is 11.4. The molecule has 35 heavy (non-hydrogen) atoms. The topological polar surface area (TPSA) is 3.88 Å². The maximum Gasteiger partial charge on any atom is 0.219 e. The van der Waals surface area contributed by atoms with E-state index in [4.69, 9.17) is 0 Å². The number of aromatic nitrogens is 1. The summed E-state index contributed by atoms with van der Waals surface area (Å²) in [5.74, 6) is 0. The monoisotopic (exact) mass is 454 g/mol. The Labute approximate surface area is 209 Å². The van der Waals surface area contributed by atoms with E-state index >= 15 is 0 Å². The number of aryl methyl sites for hydroxylation is 1. The molecule has 1 heteroatoms. The standard InChI is InChI=1S/C34H32N/c1-25-15-17-26(18-16-25)27-19-21-31(22-20-27)35-32(28-11-7-5-8-12-28)23-30(34(2,3)4)24-33(35)29-13-9-6-10-14-29/h5-24H,1-4H3/q+1. The van der Waals surface area contributed by atoms with E-state index in [1.54, 1.807) is 0 Å². The molecule has 172 valence electrons. The van der Waals surface area contributed by atoms with Gasteiger partial charge in [-0.1, -0.05) is 87.0 Å². The van der Waals surface area contributed by atoms with Gasteiger partial charge in [-0.15, -0.1) is 0 Å². The maximum absolute atomic E-state index is 2.40. The van der Waals surface area contributed by atoms with Crippen molar-refractivity contribution >= 4 is 0 Å². The zero-order chi connectivity index (χ0) is 24.4. The summed E-state index contributed by atoms with van der Waals surface area (Å²) < 4.78 is 2.40. The summed E-state index contributed by atoms with van der Waals surface area (Å²) in [4.78, 5) is 0. The lowest BCUT2D eigenvalue weighted by molar-refractivity contribution is -0.572. The average Bonchev–Trinajstić information content (AvgIpc) is 2.89. The Morgan fingerprint density at radius 1 is 0.486 bits per heavy atom. The molecule has 0 amide bonds. The quantitative estimate of drug-likeness (QED) is 0.239. The summed E-state index contributed by atoms with van der Waals surface area (Å²) in [5, 5.41) is 0. The van der Waals surface area contributed by atoms with E-state index in [0.29, 0.717) is 0 Å². The van der Waals surface area contributed by atoms with Gasteiger partial charge >= 0.3 is 0 Å². The zero-order valence-corrected chi connectivity index (χ0v) is 21.0. The molecule has 0 aliphatic heterocycles. The third-order valence-electron chi connectivity index (χ3n) is 6.58. The third kappa shape index (κ3) is 4.81. The second-order valence-corrected chi connectivity index (χ2v) is 10.2. The average molecular weight is 455 g/mol. The molecule has 0 aliphatic rings. The second-order valence-electron chi connectivity index (χ2n) is 10.2. The lowest BCUT2D eigenvalue weighted by Crippen LogP contribution is -2.37. The first-order valence-corrected chi connectivity index (χ1v) is 12.3. The first-order valence-electron chi connectivity index (χ1n) is 12.3. The van der Waals surface area contributed by atoms with Gasteiger partial charge in [0.25, 0.3) is 0 Å². The highest BCUT2D eigenvalue weighted by Crippen LogP contribution is 2.31. The number of pyridine rings is 1. The van der Waals surface area contributed by atoms with Crippen LogP contribution in [-0.2, 0) is 5.41 Å². The van der Waals surface area contributed by atoms with Crippen molar-refractivity contribution in [1.82, 2.24) is 0 Å². The van der Waals surface area contributed by atoms with Crippen molar-refractivity contribution < 1.29 is 4.57 Å².